The Morgan fingerprint density at radius 3 is 2.25 bits per heavy atom. The fraction of sp³-hybridized carbons (Fsp3) is 0.150. The quantitative estimate of drug-likeness (QED) is 0.517. The third kappa shape index (κ3) is 3.44. The van der Waals surface area contributed by atoms with Crippen molar-refractivity contribution < 1.29 is 13.9 Å². The van der Waals surface area contributed by atoms with Crippen molar-refractivity contribution in [3.63, 3.8) is 0 Å². The van der Waals surface area contributed by atoms with E-state index in [0.29, 0.717) is 11.5 Å². The standard InChI is InChI=1S/C20H18BrO3/c1-13-10-15-11-19(22-2)20(23-3)12-17(15)18(24-13)9-6-14-4-7-16(21)8-5-14/h4-12H,1-3H3/q+1. The number of fused-ring (bicyclic) bond motifs is 1. The second-order valence-corrected chi connectivity index (χ2v) is 6.32. The first kappa shape index (κ1) is 16.5. The van der Waals surface area contributed by atoms with Crippen molar-refractivity contribution in [1.29, 1.82) is 0 Å². The number of methoxy groups -OCH3 is 2. The number of hydrogen-bond donors (Lipinski definition) is 0. The molecule has 3 rings (SSSR count). The van der Waals surface area contributed by atoms with Crippen LogP contribution < -0.4 is 9.47 Å². The summed E-state index contributed by atoms with van der Waals surface area (Å²) in [6.07, 6.45) is 4.01. The molecule has 0 unspecified atom stereocenters. The highest BCUT2D eigenvalue weighted by Gasteiger charge is 2.17. The topological polar surface area (TPSA) is 29.8 Å². The molecule has 1 aromatic heterocycles. The highest BCUT2D eigenvalue weighted by Crippen LogP contribution is 2.34. The van der Waals surface area contributed by atoms with Crippen molar-refractivity contribution in [1.82, 2.24) is 0 Å². The monoisotopic (exact) mass is 385 g/mol. The van der Waals surface area contributed by atoms with E-state index in [4.69, 9.17) is 13.9 Å². The summed E-state index contributed by atoms with van der Waals surface area (Å²) in [5.41, 5.74) is 1.10. The van der Waals surface area contributed by atoms with Crippen LogP contribution in [0, 0.1) is 6.92 Å². The lowest BCUT2D eigenvalue weighted by atomic mass is 10.1. The van der Waals surface area contributed by atoms with Gasteiger partial charge in [-0.15, -0.1) is 0 Å². The van der Waals surface area contributed by atoms with Gasteiger partial charge in [0.2, 0.25) is 0 Å². The van der Waals surface area contributed by atoms with Gasteiger partial charge in [0, 0.05) is 28.1 Å². The van der Waals surface area contributed by atoms with Crippen molar-refractivity contribution in [2.75, 3.05) is 14.2 Å². The fourth-order valence-corrected chi connectivity index (χ4v) is 2.84. The van der Waals surface area contributed by atoms with Crippen LogP contribution >= 0.6 is 15.9 Å². The first-order chi connectivity index (χ1) is 11.6. The van der Waals surface area contributed by atoms with Gasteiger partial charge in [-0.2, -0.15) is 0 Å². The average Bonchev–Trinajstić information content (AvgIpc) is 2.59. The third-order valence-corrected chi connectivity index (χ3v) is 4.28. The smallest absolute Gasteiger partial charge is 0.360 e. The lowest BCUT2D eigenvalue weighted by Gasteiger charge is -2.08. The highest BCUT2D eigenvalue weighted by molar-refractivity contribution is 9.10. The molecule has 3 aromatic rings. The van der Waals surface area contributed by atoms with Crippen LogP contribution in [0.4, 0.5) is 0 Å². The maximum atomic E-state index is 5.92. The van der Waals surface area contributed by atoms with Crippen molar-refractivity contribution in [2.45, 2.75) is 6.92 Å². The van der Waals surface area contributed by atoms with E-state index in [9.17, 15) is 0 Å². The predicted molar refractivity (Wildman–Crippen MR) is 102 cm³/mol. The molecule has 0 aliphatic heterocycles. The summed E-state index contributed by atoms with van der Waals surface area (Å²) in [6.45, 7) is 1.94. The number of ether oxygens (including phenoxy) is 2. The molecule has 0 aliphatic rings. The van der Waals surface area contributed by atoms with Gasteiger partial charge in [-0.1, -0.05) is 28.1 Å². The van der Waals surface area contributed by atoms with Gasteiger partial charge in [0.1, 0.15) is 0 Å². The van der Waals surface area contributed by atoms with E-state index in [1.807, 2.05) is 61.5 Å². The van der Waals surface area contributed by atoms with Crippen LogP contribution in [0.15, 0.2) is 51.4 Å². The summed E-state index contributed by atoms with van der Waals surface area (Å²) >= 11 is 3.44. The molecule has 122 valence electrons. The Labute approximate surface area is 149 Å². The largest absolute Gasteiger partial charge is 0.493 e. The number of aryl methyl sites for hydroxylation is 1. The van der Waals surface area contributed by atoms with Crippen LogP contribution in [0.2, 0.25) is 0 Å². The van der Waals surface area contributed by atoms with E-state index in [0.717, 1.165) is 32.3 Å². The molecule has 3 nitrogen and oxygen atoms in total. The fourth-order valence-electron chi connectivity index (χ4n) is 2.57. The molecule has 1 heterocycles. The van der Waals surface area contributed by atoms with Crippen molar-refractivity contribution in [3.05, 3.63) is 64.0 Å². The molecule has 0 radical (unpaired) electrons. The molecule has 0 spiro atoms. The Hall–Kier alpha value is -2.33. The molecule has 0 atom stereocenters. The summed E-state index contributed by atoms with van der Waals surface area (Å²) in [4.78, 5) is 0. The van der Waals surface area contributed by atoms with Crippen LogP contribution in [0.5, 0.6) is 11.5 Å². The molecule has 24 heavy (non-hydrogen) atoms. The Kier molecular flexibility index (Phi) is 4.86. The minimum absolute atomic E-state index is 0.683. The van der Waals surface area contributed by atoms with E-state index >= 15 is 0 Å². The normalized spacial score (nSPS) is 11.2. The lowest BCUT2D eigenvalue weighted by molar-refractivity contribution is 0.355. The Morgan fingerprint density at radius 2 is 1.58 bits per heavy atom. The molecular formula is C20H18BrO3+. The number of halogens is 1. The summed E-state index contributed by atoms with van der Waals surface area (Å²) in [7, 11) is 3.27. The Morgan fingerprint density at radius 1 is 0.917 bits per heavy atom. The third-order valence-electron chi connectivity index (χ3n) is 3.75. The zero-order chi connectivity index (χ0) is 17.1. The zero-order valence-electron chi connectivity index (χ0n) is 13.8. The SMILES string of the molecule is COc1cc2cc(C)[o+]c(C=Cc3ccc(Br)cc3)c2cc1OC. The molecule has 4 heteroatoms. The molecule has 0 N–H and O–H groups in total. The summed E-state index contributed by atoms with van der Waals surface area (Å²) in [6, 6.07) is 14.0. The van der Waals surface area contributed by atoms with Gasteiger partial charge in [-0.25, -0.2) is 4.42 Å². The molecule has 2 aromatic carbocycles. The zero-order valence-corrected chi connectivity index (χ0v) is 15.4. The van der Waals surface area contributed by atoms with Gasteiger partial charge in [0.05, 0.1) is 26.5 Å². The molecular weight excluding hydrogens is 368 g/mol. The minimum atomic E-state index is 0.683. The first-order valence-electron chi connectivity index (χ1n) is 7.54. The molecule has 0 aliphatic carbocycles. The molecule has 0 fully saturated rings. The lowest BCUT2D eigenvalue weighted by Crippen LogP contribution is -1.92. The van der Waals surface area contributed by atoms with Crippen molar-refractivity contribution in [2.24, 2.45) is 0 Å². The second kappa shape index (κ2) is 7.05. The second-order valence-electron chi connectivity index (χ2n) is 5.40. The summed E-state index contributed by atoms with van der Waals surface area (Å²) < 4.78 is 17.8. The van der Waals surface area contributed by atoms with Gasteiger partial charge in [-0.05, 0) is 29.8 Å². The highest BCUT2D eigenvalue weighted by atomic mass is 79.9. The van der Waals surface area contributed by atoms with Crippen molar-refractivity contribution >= 4 is 38.9 Å². The summed E-state index contributed by atoms with van der Waals surface area (Å²) in [5, 5.41) is 2.03. The molecule has 0 amide bonds. The van der Waals surface area contributed by atoms with Gasteiger partial charge in [-0.3, -0.25) is 0 Å². The van der Waals surface area contributed by atoms with E-state index in [1.165, 1.54) is 0 Å². The first-order valence-corrected chi connectivity index (χ1v) is 8.33. The number of rotatable bonds is 4. The number of benzene rings is 2. The summed E-state index contributed by atoms with van der Waals surface area (Å²) in [5.74, 6) is 3.01. The van der Waals surface area contributed by atoms with Gasteiger partial charge >= 0.3 is 11.5 Å². The van der Waals surface area contributed by atoms with Gasteiger partial charge < -0.3 is 9.47 Å². The molecule has 0 saturated heterocycles. The molecule has 0 saturated carbocycles. The maximum Gasteiger partial charge on any atom is 0.360 e. The Bertz CT molecular complexity index is 899. The van der Waals surface area contributed by atoms with E-state index in [1.54, 1.807) is 14.2 Å². The Balaban J connectivity index is 2.10. The van der Waals surface area contributed by atoms with Gasteiger partial charge in [0.25, 0.3) is 0 Å². The van der Waals surface area contributed by atoms with E-state index < -0.39 is 0 Å². The van der Waals surface area contributed by atoms with Crippen LogP contribution in [-0.4, -0.2) is 14.2 Å². The number of hydrogen-bond acceptors (Lipinski definition) is 2. The van der Waals surface area contributed by atoms with Crippen LogP contribution in [0.3, 0.4) is 0 Å². The van der Waals surface area contributed by atoms with Gasteiger partial charge in [0.15, 0.2) is 11.5 Å². The van der Waals surface area contributed by atoms with E-state index in [2.05, 4.69) is 15.9 Å². The molecule has 0 bridgehead atoms. The van der Waals surface area contributed by atoms with E-state index in [-0.39, 0.29) is 0 Å². The predicted octanol–water partition coefficient (Wildman–Crippen LogP) is 5.97. The maximum absolute atomic E-state index is 5.92. The van der Waals surface area contributed by atoms with Crippen molar-refractivity contribution in [3.8, 4) is 11.5 Å². The van der Waals surface area contributed by atoms with Crippen LogP contribution in [0.25, 0.3) is 22.9 Å². The van der Waals surface area contributed by atoms with Crippen LogP contribution in [0.1, 0.15) is 17.1 Å². The average molecular weight is 386 g/mol. The minimum Gasteiger partial charge on any atom is -0.493 e. The van der Waals surface area contributed by atoms with Crippen LogP contribution in [-0.2, 0) is 0 Å².